The molecule has 0 spiro atoms. The van der Waals surface area contributed by atoms with E-state index >= 15 is 0 Å². The predicted molar refractivity (Wildman–Crippen MR) is 33.2 cm³/mol. The minimum atomic E-state index is -4.05. The number of hydrogen-bond donors (Lipinski definition) is 2. The first kappa shape index (κ1) is 4.76. The van der Waals surface area contributed by atoms with Crippen molar-refractivity contribution in [1.82, 2.24) is 4.72 Å². The fraction of sp³-hybridized carbons (Fsp3) is 1.00. The summed E-state index contributed by atoms with van der Waals surface area (Å²) in [4.78, 5) is 0. The third-order valence-electron chi connectivity index (χ3n) is 0.545. The van der Waals surface area contributed by atoms with Gasteiger partial charge in [0.15, 0.2) is 1.12 Å². The van der Waals surface area contributed by atoms with Crippen LogP contribution in [0.25, 0.3) is 0 Å². The molecule has 0 aromatic heterocycles. The molecule has 0 amide bonds. The molecule has 0 bridgehead atoms. The zero-order valence-electron chi connectivity index (χ0n) is 6.96. The normalized spacial score (nSPS) is 16.5. The maximum absolute atomic E-state index is 10.3. The van der Waals surface area contributed by atoms with Crippen molar-refractivity contribution in [2.75, 3.05) is 6.54 Å². The molecule has 0 saturated carbocycles. The highest BCUT2D eigenvalue weighted by Gasteiger charge is 1.90. The Morgan fingerprint density at radius 1 is 1.88 bits per heavy atom. The second-order valence-electron chi connectivity index (χ2n) is 1.92. The van der Waals surface area contributed by atoms with Crippen LogP contribution in [0.5, 0.6) is 0 Å². The van der Waals surface area contributed by atoms with E-state index in [9.17, 15) is 8.42 Å². The average Bonchev–Trinajstić information content (AvgIpc) is 1.60. The first-order valence-electron chi connectivity index (χ1n) is 3.25. The quantitative estimate of drug-likeness (QED) is 0.533. The second-order valence-corrected chi connectivity index (χ2v) is 2.62. The van der Waals surface area contributed by atoms with Gasteiger partial charge in [-0.05, 0) is 5.92 Å². The summed E-state index contributed by atoms with van der Waals surface area (Å²) in [7, 11) is -4.05. The van der Waals surface area contributed by atoms with Crippen molar-refractivity contribution in [3.8, 4) is 0 Å². The van der Waals surface area contributed by atoms with Crippen molar-refractivity contribution < 1.29 is 9.83 Å². The summed E-state index contributed by atoms with van der Waals surface area (Å²) in [6, 6.07) is 0. The molecule has 0 saturated heterocycles. The van der Waals surface area contributed by atoms with Crippen LogP contribution in [0.2, 0.25) is 1.41 Å². The van der Waals surface area contributed by atoms with Crippen LogP contribution in [0.1, 0.15) is 13.8 Å². The van der Waals surface area contributed by atoms with Crippen molar-refractivity contribution in [1.29, 1.82) is 1.12 Å². The van der Waals surface area contributed by atoms with Gasteiger partial charge in [0.2, 0.25) is 10.8 Å². The molecule has 0 aliphatic rings. The van der Waals surface area contributed by atoms with Gasteiger partial charge >= 0.3 is 0 Å². The van der Waals surface area contributed by atoms with E-state index in [0.717, 1.165) is 0 Å². The summed E-state index contributed by atoms with van der Waals surface area (Å²) in [6.45, 7) is 3.64. The third kappa shape index (κ3) is 5.91. The first-order valence-corrected chi connectivity index (χ1v) is 3.43. The van der Waals surface area contributed by atoms with Crippen molar-refractivity contribution in [3.05, 3.63) is 0 Å². The minimum Gasteiger partial charge on any atom is -0.217 e. The van der Waals surface area contributed by atoms with E-state index in [1.54, 1.807) is 13.8 Å². The number of rotatable bonds is 3. The van der Waals surface area contributed by atoms with Gasteiger partial charge in [0, 0.05) is 6.54 Å². The summed E-state index contributed by atoms with van der Waals surface area (Å²) in [5.74, 6) is 0.0811. The smallest absolute Gasteiger partial charge is 0.201 e. The molecule has 0 rings (SSSR count). The van der Waals surface area contributed by atoms with Crippen LogP contribution in [0.3, 0.4) is 0 Å². The molecule has 0 fully saturated rings. The Kier molecular flexibility index (Phi) is 2.29. The molecule has 3 nitrogen and oxygen atoms in total. The van der Waals surface area contributed by atoms with Gasteiger partial charge in [0.05, 0.1) is 0 Å². The summed E-state index contributed by atoms with van der Waals surface area (Å²) < 4.78 is 34.1. The zero-order chi connectivity index (χ0) is 8.36. The van der Waals surface area contributed by atoms with Gasteiger partial charge in [-0.25, -0.2) is 13.1 Å². The van der Waals surface area contributed by atoms with E-state index in [1.807, 2.05) is 0 Å². The monoisotopic (exact) mass is 141 g/mol. The van der Waals surface area contributed by atoms with Crippen LogP contribution >= 0.6 is 0 Å². The van der Waals surface area contributed by atoms with Gasteiger partial charge in [0.1, 0.15) is 1.41 Å². The van der Waals surface area contributed by atoms with Crippen molar-refractivity contribution >= 4 is 10.8 Å². The van der Waals surface area contributed by atoms with Gasteiger partial charge in [-0.15, -0.1) is 0 Å². The molecule has 0 atom stereocenters. The van der Waals surface area contributed by atoms with E-state index in [0.29, 0.717) is 0 Å². The van der Waals surface area contributed by atoms with Crippen LogP contribution < -0.4 is 4.72 Å². The number of nitrogens with one attached hydrogen (secondary N) is 1. The number of thiol groups is 1. The molecule has 0 heterocycles. The lowest BCUT2D eigenvalue weighted by atomic mass is 10.2. The SMILES string of the molecule is [3H]N(CC(C)C)S([3H])(=O)=O. The Morgan fingerprint density at radius 2 is 2.38 bits per heavy atom. The average molecular weight is 141 g/mol. The predicted octanol–water partition coefficient (Wildman–Crippen LogP) is -0.242. The fourth-order valence-corrected chi connectivity index (χ4v) is 0.630. The summed E-state index contributed by atoms with van der Waals surface area (Å²) in [6.07, 6.45) is 0. The largest absolute Gasteiger partial charge is 0.217 e. The lowest BCUT2D eigenvalue weighted by Gasteiger charge is -1.98. The molecule has 0 aromatic carbocycles. The van der Waals surface area contributed by atoms with Gasteiger partial charge in [-0.2, -0.15) is 0 Å². The van der Waals surface area contributed by atoms with Crippen LogP contribution in [0.15, 0.2) is 0 Å². The molecule has 1 N–H and O–H groups in total. The van der Waals surface area contributed by atoms with E-state index in [2.05, 4.69) is 0 Å². The van der Waals surface area contributed by atoms with Crippen molar-refractivity contribution in [2.24, 2.45) is 5.92 Å². The maximum atomic E-state index is 10.3. The summed E-state index contributed by atoms with van der Waals surface area (Å²) in [5, 5.41) is 0. The Bertz CT molecular complexity index is 189. The van der Waals surface area contributed by atoms with Gasteiger partial charge in [-0.3, -0.25) is 0 Å². The van der Waals surface area contributed by atoms with Crippen molar-refractivity contribution in [2.45, 2.75) is 13.8 Å². The Balaban J connectivity index is 3.99. The maximum Gasteiger partial charge on any atom is 0.201 e. The van der Waals surface area contributed by atoms with Crippen LogP contribution in [-0.2, 0) is 10.8 Å². The topological polar surface area (TPSA) is 46.2 Å². The Labute approximate surface area is 53.7 Å². The second kappa shape index (κ2) is 3.86. The highest BCUT2D eigenvalue weighted by Crippen LogP contribution is 1.85. The lowest BCUT2D eigenvalue weighted by Crippen LogP contribution is -2.16. The van der Waals surface area contributed by atoms with Crippen molar-refractivity contribution in [3.63, 3.8) is 0 Å². The standard InChI is InChI=1S/C4H11NO2S/c1-4(2)3-5-8(6)7/h4,8H,3H2,1-2H3,(H,5,6,7)/i8T/hT. The fourth-order valence-electron chi connectivity index (χ4n) is 0.210. The van der Waals surface area contributed by atoms with E-state index in [4.69, 9.17) is 2.54 Å². The van der Waals surface area contributed by atoms with Crippen LogP contribution in [0.4, 0.5) is 0 Å². The summed E-state index contributed by atoms with van der Waals surface area (Å²) in [5.41, 5.74) is 0. The highest BCUT2D eigenvalue weighted by molar-refractivity contribution is 7.70. The third-order valence-corrected chi connectivity index (χ3v) is 0.905. The molecular weight excluding hydrogens is 126 g/mol. The van der Waals surface area contributed by atoms with Crippen LogP contribution in [-0.4, -0.2) is 16.1 Å². The molecule has 4 heteroatoms. The molecule has 8 heavy (non-hydrogen) atoms. The molecular formula is C4H11NO2S. The highest BCUT2D eigenvalue weighted by atomic mass is 32.2. The first-order chi connectivity index (χ1) is 4.34. The van der Waals surface area contributed by atoms with E-state index in [-0.39, 0.29) is 17.2 Å². The molecule has 50 valence electrons. The van der Waals surface area contributed by atoms with E-state index in [1.165, 1.54) is 0 Å². The number of hydrogen-bond acceptors (Lipinski definition) is 2. The molecule has 0 radical (unpaired) electrons. The summed E-state index contributed by atoms with van der Waals surface area (Å²) >= 11 is 0. The minimum absolute atomic E-state index is 0.0752. The van der Waals surface area contributed by atoms with Gasteiger partial charge in [0.25, 0.3) is 0 Å². The van der Waals surface area contributed by atoms with Gasteiger partial charge < -0.3 is 0 Å². The zero-order valence-corrected chi connectivity index (χ0v) is 5.77. The van der Waals surface area contributed by atoms with E-state index < -0.39 is 10.8 Å². The van der Waals surface area contributed by atoms with Gasteiger partial charge in [-0.1, -0.05) is 13.8 Å². The molecule has 0 aliphatic heterocycles. The van der Waals surface area contributed by atoms with Crippen LogP contribution in [0, 0.1) is 5.92 Å². The Hall–Kier alpha value is -0.0900. The molecule has 0 aliphatic carbocycles. The molecule has 0 aromatic rings. The molecule has 0 unspecified atom stereocenters. The lowest BCUT2D eigenvalue weighted by molar-refractivity contribution is 0.577. The Morgan fingerprint density at radius 3 is 2.50 bits per heavy atom.